The second kappa shape index (κ2) is 12.9. The lowest BCUT2D eigenvalue weighted by molar-refractivity contribution is -0.140. The van der Waals surface area contributed by atoms with Gasteiger partial charge in [0.05, 0.1) is 10.6 Å². The number of likely N-dealkylation sites (N-methyl/N-ethyl adjacent to an activating group) is 1. The highest BCUT2D eigenvalue weighted by Crippen LogP contribution is 2.25. The summed E-state index contributed by atoms with van der Waals surface area (Å²) in [6, 6.07) is 23.6. The third-order valence-electron chi connectivity index (χ3n) is 5.66. The number of rotatable bonds is 11. The first-order valence-corrected chi connectivity index (χ1v) is 14.2. The van der Waals surface area contributed by atoms with Crippen LogP contribution in [0.2, 0.25) is 0 Å². The van der Waals surface area contributed by atoms with E-state index in [4.69, 9.17) is 0 Å². The van der Waals surface area contributed by atoms with Gasteiger partial charge in [-0.3, -0.25) is 13.9 Å². The quantitative estimate of drug-likeness (QED) is 0.322. The lowest BCUT2D eigenvalue weighted by Crippen LogP contribution is -2.52. The van der Waals surface area contributed by atoms with Crippen LogP contribution < -0.4 is 9.62 Å². The van der Waals surface area contributed by atoms with Crippen LogP contribution in [0.15, 0.2) is 89.8 Å². The monoisotopic (exact) mass is 619 g/mol. The number of benzene rings is 3. The third kappa shape index (κ3) is 6.85. The smallest absolute Gasteiger partial charge is 0.264 e. The highest BCUT2D eigenvalue weighted by molar-refractivity contribution is 14.1. The molecule has 9 heteroatoms. The summed E-state index contributed by atoms with van der Waals surface area (Å²) in [6.07, 6.45) is 0.388. The fraction of sp³-hybridized carbons (Fsp3) is 0.259. The number of carbonyl (C=O) groups excluding carboxylic acids is 2. The average molecular weight is 620 g/mol. The Balaban J connectivity index is 2.03. The summed E-state index contributed by atoms with van der Waals surface area (Å²) in [5, 5.41) is 2.80. The van der Waals surface area contributed by atoms with E-state index in [0.717, 1.165) is 13.4 Å². The van der Waals surface area contributed by atoms with Gasteiger partial charge in [0.15, 0.2) is 0 Å². The summed E-state index contributed by atoms with van der Waals surface area (Å²) >= 11 is 2.14. The van der Waals surface area contributed by atoms with Crippen LogP contribution in [0.1, 0.15) is 25.8 Å². The molecule has 0 aliphatic heterocycles. The van der Waals surface area contributed by atoms with Crippen molar-refractivity contribution in [2.75, 3.05) is 17.4 Å². The Bertz CT molecular complexity index is 1250. The number of halogens is 1. The Morgan fingerprint density at radius 1 is 0.889 bits per heavy atom. The molecule has 0 bridgehead atoms. The number of nitrogens with one attached hydrogen (secondary N) is 1. The predicted molar refractivity (Wildman–Crippen MR) is 150 cm³/mol. The highest BCUT2D eigenvalue weighted by atomic mass is 127. The maximum Gasteiger partial charge on any atom is 0.264 e. The zero-order chi connectivity index (χ0) is 26.1. The molecule has 0 spiro atoms. The van der Waals surface area contributed by atoms with Crippen molar-refractivity contribution in [3.05, 3.63) is 94.1 Å². The molecule has 0 aliphatic rings. The van der Waals surface area contributed by atoms with E-state index in [1.165, 1.54) is 17.0 Å². The summed E-state index contributed by atoms with van der Waals surface area (Å²) < 4.78 is 29.4. The van der Waals surface area contributed by atoms with Gasteiger partial charge in [0.2, 0.25) is 11.8 Å². The number of hydrogen-bond acceptors (Lipinski definition) is 4. The summed E-state index contributed by atoms with van der Waals surface area (Å²) in [6.45, 7) is 3.82. The molecule has 0 fully saturated rings. The zero-order valence-electron chi connectivity index (χ0n) is 20.3. The molecule has 0 aliphatic carbocycles. The van der Waals surface area contributed by atoms with Gasteiger partial charge in [-0.2, -0.15) is 0 Å². The van der Waals surface area contributed by atoms with Crippen molar-refractivity contribution in [1.82, 2.24) is 10.2 Å². The van der Waals surface area contributed by atoms with E-state index >= 15 is 0 Å². The predicted octanol–water partition coefficient (Wildman–Crippen LogP) is 4.43. The highest BCUT2D eigenvalue weighted by Gasteiger charge is 2.33. The lowest BCUT2D eigenvalue weighted by atomic mass is 10.1. The zero-order valence-corrected chi connectivity index (χ0v) is 23.3. The number of carbonyl (C=O) groups is 2. The van der Waals surface area contributed by atoms with Crippen LogP contribution >= 0.6 is 22.6 Å². The third-order valence-corrected chi connectivity index (χ3v) is 8.16. The van der Waals surface area contributed by atoms with Gasteiger partial charge in [0.1, 0.15) is 12.6 Å². The van der Waals surface area contributed by atoms with Crippen molar-refractivity contribution in [3.8, 4) is 0 Å². The van der Waals surface area contributed by atoms with Crippen molar-refractivity contribution < 1.29 is 18.0 Å². The van der Waals surface area contributed by atoms with Crippen molar-refractivity contribution in [2.45, 2.75) is 37.8 Å². The number of amides is 2. The molecule has 3 aromatic carbocycles. The van der Waals surface area contributed by atoms with Gasteiger partial charge in [-0.1, -0.05) is 55.5 Å². The fourth-order valence-corrected chi connectivity index (χ4v) is 5.64. The maximum absolute atomic E-state index is 13.8. The van der Waals surface area contributed by atoms with E-state index in [1.54, 1.807) is 42.5 Å². The van der Waals surface area contributed by atoms with E-state index in [0.29, 0.717) is 18.7 Å². The molecule has 1 N–H and O–H groups in total. The largest absolute Gasteiger partial charge is 0.355 e. The molecule has 0 saturated carbocycles. The number of sulfonamides is 1. The van der Waals surface area contributed by atoms with Gasteiger partial charge in [-0.25, -0.2) is 8.42 Å². The molecule has 0 radical (unpaired) electrons. The van der Waals surface area contributed by atoms with Gasteiger partial charge in [0, 0.05) is 16.7 Å². The maximum atomic E-state index is 13.8. The van der Waals surface area contributed by atoms with E-state index in [2.05, 4.69) is 27.9 Å². The fourth-order valence-electron chi connectivity index (χ4n) is 3.85. The summed E-state index contributed by atoms with van der Waals surface area (Å²) in [5.74, 6) is -0.731. The Kier molecular flexibility index (Phi) is 9.89. The van der Waals surface area contributed by atoms with Crippen LogP contribution in [0.4, 0.5) is 5.69 Å². The Labute approximate surface area is 226 Å². The van der Waals surface area contributed by atoms with E-state index in [9.17, 15) is 18.0 Å². The lowest BCUT2D eigenvalue weighted by Gasteiger charge is -2.33. The minimum atomic E-state index is -4.05. The van der Waals surface area contributed by atoms with Crippen molar-refractivity contribution in [3.63, 3.8) is 0 Å². The van der Waals surface area contributed by atoms with Crippen molar-refractivity contribution >= 4 is 50.1 Å². The minimum absolute atomic E-state index is 0.0849. The summed E-state index contributed by atoms with van der Waals surface area (Å²) in [7, 11) is -4.05. The van der Waals surface area contributed by atoms with Gasteiger partial charge in [-0.15, -0.1) is 0 Å². The molecule has 3 aromatic rings. The molecule has 0 heterocycles. The molecule has 36 heavy (non-hydrogen) atoms. The molecule has 0 saturated heterocycles. The van der Waals surface area contributed by atoms with Crippen molar-refractivity contribution in [1.29, 1.82) is 0 Å². The Hall–Kier alpha value is -2.92. The second-order valence-electron chi connectivity index (χ2n) is 8.13. The SMILES string of the molecule is CCNC(=O)[C@@H](CC)N(Cc1ccccc1)C(=O)CN(c1ccc(I)cc1)S(=O)(=O)c1ccccc1. The van der Waals surface area contributed by atoms with Gasteiger partial charge >= 0.3 is 0 Å². The number of hydrogen-bond donors (Lipinski definition) is 1. The number of anilines is 1. The second-order valence-corrected chi connectivity index (χ2v) is 11.2. The summed E-state index contributed by atoms with van der Waals surface area (Å²) in [4.78, 5) is 28.3. The van der Waals surface area contributed by atoms with E-state index in [-0.39, 0.29) is 17.3 Å². The van der Waals surface area contributed by atoms with Crippen molar-refractivity contribution in [2.24, 2.45) is 0 Å². The summed E-state index contributed by atoms with van der Waals surface area (Å²) in [5.41, 5.74) is 1.22. The standard InChI is InChI=1S/C27H30IN3O4S/c1-3-25(27(33)29-4-2)30(19-21-11-7-5-8-12-21)26(32)20-31(23-17-15-22(28)16-18-23)36(34,35)24-13-9-6-10-14-24/h5-18,25H,3-4,19-20H2,1-2H3,(H,29,33)/t25-/m1/s1. The molecule has 190 valence electrons. The van der Waals surface area contributed by atoms with Crippen LogP contribution in [0.3, 0.4) is 0 Å². The molecule has 7 nitrogen and oxygen atoms in total. The van der Waals surface area contributed by atoms with E-state index in [1.807, 2.05) is 44.2 Å². The minimum Gasteiger partial charge on any atom is -0.355 e. The topological polar surface area (TPSA) is 86.8 Å². The molecule has 0 aromatic heterocycles. The molecule has 0 unspecified atom stereocenters. The normalized spacial score (nSPS) is 12.0. The first-order chi connectivity index (χ1) is 17.3. The van der Waals surface area contributed by atoms with Crippen LogP contribution in [0.25, 0.3) is 0 Å². The molecule has 3 rings (SSSR count). The first kappa shape index (κ1) is 27.7. The number of nitrogens with zero attached hydrogens (tertiary/aromatic N) is 2. The van der Waals surface area contributed by atoms with Crippen LogP contribution in [0.5, 0.6) is 0 Å². The molecule has 1 atom stereocenters. The average Bonchev–Trinajstić information content (AvgIpc) is 2.89. The molecule has 2 amide bonds. The van der Waals surface area contributed by atoms with Gasteiger partial charge < -0.3 is 10.2 Å². The Morgan fingerprint density at radius 2 is 1.47 bits per heavy atom. The Morgan fingerprint density at radius 3 is 2.03 bits per heavy atom. The van der Waals surface area contributed by atoms with Gasteiger partial charge in [-0.05, 0) is 77.9 Å². The van der Waals surface area contributed by atoms with Crippen LogP contribution in [-0.2, 0) is 26.2 Å². The molecular weight excluding hydrogens is 589 g/mol. The molecular formula is C27H30IN3O4S. The first-order valence-electron chi connectivity index (χ1n) is 11.7. The van der Waals surface area contributed by atoms with E-state index < -0.39 is 28.5 Å². The van der Waals surface area contributed by atoms with Crippen LogP contribution in [-0.4, -0.2) is 44.3 Å². The van der Waals surface area contributed by atoms with Gasteiger partial charge in [0.25, 0.3) is 10.0 Å². The van der Waals surface area contributed by atoms with Crippen LogP contribution in [0, 0.1) is 3.57 Å².